The highest BCUT2D eigenvalue weighted by Gasteiger charge is 2.53. The van der Waals surface area contributed by atoms with Crippen molar-refractivity contribution in [1.29, 1.82) is 0 Å². The lowest BCUT2D eigenvalue weighted by molar-refractivity contribution is -0.135. The van der Waals surface area contributed by atoms with Crippen LogP contribution in [0.3, 0.4) is 0 Å². The maximum atomic E-state index is 12.1. The van der Waals surface area contributed by atoms with Crippen LogP contribution < -0.4 is 5.32 Å². The fraction of sp³-hybridized carbons (Fsp3) is 0.733. The normalized spacial score (nSPS) is 31.9. The van der Waals surface area contributed by atoms with Gasteiger partial charge < -0.3 is 10.4 Å². The Morgan fingerprint density at radius 3 is 2.32 bits per heavy atom. The Hall–Kier alpha value is -1.32. The van der Waals surface area contributed by atoms with Gasteiger partial charge in [0.2, 0.25) is 5.91 Å². The van der Waals surface area contributed by atoms with E-state index >= 15 is 0 Å². The SMILES string of the molecule is CC1CC1(C)C(=O)NC(=CC1CCCCC1)C(=O)O. The number of amides is 1. The van der Waals surface area contributed by atoms with Gasteiger partial charge in [0.05, 0.1) is 0 Å². The molecule has 2 saturated carbocycles. The summed E-state index contributed by atoms with van der Waals surface area (Å²) in [6.45, 7) is 3.91. The van der Waals surface area contributed by atoms with E-state index in [0.29, 0.717) is 11.8 Å². The predicted octanol–water partition coefficient (Wildman–Crippen LogP) is 2.70. The minimum absolute atomic E-state index is 0.0669. The van der Waals surface area contributed by atoms with Crippen molar-refractivity contribution in [1.82, 2.24) is 5.32 Å². The van der Waals surface area contributed by atoms with E-state index in [1.165, 1.54) is 6.42 Å². The smallest absolute Gasteiger partial charge is 0.352 e. The Balaban J connectivity index is 2.02. The van der Waals surface area contributed by atoms with Gasteiger partial charge in [-0.3, -0.25) is 4.79 Å². The molecule has 0 saturated heterocycles. The third-order valence-electron chi connectivity index (χ3n) is 4.71. The van der Waals surface area contributed by atoms with Crippen LogP contribution in [0.2, 0.25) is 0 Å². The minimum atomic E-state index is -1.03. The van der Waals surface area contributed by atoms with Gasteiger partial charge in [0.15, 0.2) is 0 Å². The van der Waals surface area contributed by atoms with Crippen LogP contribution in [-0.2, 0) is 9.59 Å². The van der Waals surface area contributed by atoms with Gasteiger partial charge in [-0.1, -0.05) is 39.2 Å². The van der Waals surface area contributed by atoms with E-state index in [9.17, 15) is 14.7 Å². The predicted molar refractivity (Wildman–Crippen MR) is 72.3 cm³/mol. The summed E-state index contributed by atoms with van der Waals surface area (Å²) in [6, 6.07) is 0. The summed E-state index contributed by atoms with van der Waals surface area (Å²) in [5.74, 6) is -0.540. The van der Waals surface area contributed by atoms with Crippen LogP contribution in [0.5, 0.6) is 0 Å². The number of allylic oxidation sites excluding steroid dienone is 1. The molecule has 0 aliphatic heterocycles. The van der Waals surface area contributed by atoms with E-state index in [1.54, 1.807) is 6.08 Å². The first-order chi connectivity index (χ1) is 8.93. The molecule has 4 heteroatoms. The molecule has 2 atom stereocenters. The van der Waals surface area contributed by atoms with E-state index < -0.39 is 5.97 Å². The second-order valence-corrected chi connectivity index (χ2v) is 6.26. The van der Waals surface area contributed by atoms with Gasteiger partial charge in [-0.05, 0) is 31.1 Å². The van der Waals surface area contributed by atoms with Crippen molar-refractivity contribution >= 4 is 11.9 Å². The molecular formula is C15H23NO3. The molecule has 0 heterocycles. The average molecular weight is 265 g/mol. The van der Waals surface area contributed by atoms with Gasteiger partial charge in [0.1, 0.15) is 5.70 Å². The second-order valence-electron chi connectivity index (χ2n) is 6.26. The third kappa shape index (κ3) is 3.17. The second kappa shape index (κ2) is 5.35. The van der Waals surface area contributed by atoms with Crippen molar-refractivity contribution in [2.45, 2.75) is 52.4 Å². The monoisotopic (exact) mass is 265 g/mol. The molecule has 2 rings (SSSR count). The molecule has 0 spiro atoms. The highest BCUT2D eigenvalue weighted by Crippen LogP contribution is 2.51. The van der Waals surface area contributed by atoms with Crippen LogP contribution in [0.15, 0.2) is 11.8 Å². The summed E-state index contributed by atoms with van der Waals surface area (Å²) >= 11 is 0. The van der Waals surface area contributed by atoms with Gasteiger partial charge in [-0.25, -0.2) is 4.79 Å². The van der Waals surface area contributed by atoms with Crippen LogP contribution >= 0.6 is 0 Å². The molecule has 2 unspecified atom stereocenters. The van der Waals surface area contributed by atoms with Crippen LogP contribution in [0.1, 0.15) is 52.4 Å². The Bertz CT molecular complexity index is 410. The molecule has 0 bridgehead atoms. The summed E-state index contributed by atoms with van der Waals surface area (Å²) in [6.07, 6.45) is 8.17. The largest absolute Gasteiger partial charge is 0.477 e. The fourth-order valence-corrected chi connectivity index (χ4v) is 2.86. The molecule has 2 N–H and O–H groups in total. The Labute approximate surface area is 114 Å². The Morgan fingerprint density at radius 1 is 1.26 bits per heavy atom. The van der Waals surface area contributed by atoms with E-state index in [0.717, 1.165) is 32.1 Å². The lowest BCUT2D eigenvalue weighted by atomic mass is 9.88. The van der Waals surface area contributed by atoms with Crippen LogP contribution in [0.4, 0.5) is 0 Å². The number of rotatable bonds is 4. The standard InChI is InChI=1S/C15H23NO3/c1-10-9-15(10,2)14(19)16-12(13(17)18)8-11-6-4-3-5-7-11/h8,10-11H,3-7,9H2,1-2H3,(H,16,19)(H,17,18). The van der Waals surface area contributed by atoms with Crippen LogP contribution in [-0.4, -0.2) is 17.0 Å². The number of carboxylic acid groups (broad SMARTS) is 1. The molecule has 2 aliphatic carbocycles. The Kier molecular flexibility index (Phi) is 3.97. The molecule has 19 heavy (non-hydrogen) atoms. The van der Waals surface area contributed by atoms with Crippen molar-refractivity contribution in [3.63, 3.8) is 0 Å². The topological polar surface area (TPSA) is 66.4 Å². The van der Waals surface area contributed by atoms with Gasteiger partial charge >= 0.3 is 5.97 Å². The summed E-state index contributed by atoms with van der Waals surface area (Å²) in [7, 11) is 0. The van der Waals surface area contributed by atoms with E-state index in [4.69, 9.17) is 0 Å². The summed E-state index contributed by atoms with van der Waals surface area (Å²) in [4.78, 5) is 23.3. The van der Waals surface area contributed by atoms with E-state index in [1.807, 2.05) is 13.8 Å². The molecule has 0 aromatic rings. The minimum Gasteiger partial charge on any atom is -0.477 e. The highest BCUT2D eigenvalue weighted by atomic mass is 16.4. The summed E-state index contributed by atoms with van der Waals surface area (Å²) in [5, 5.41) is 11.8. The first-order valence-corrected chi connectivity index (χ1v) is 7.20. The molecule has 0 aromatic carbocycles. The number of carbonyl (C=O) groups is 2. The van der Waals surface area contributed by atoms with Gasteiger partial charge in [-0.15, -0.1) is 0 Å². The van der Waals surface area contributed by atoms with Crippen molar-refractivity contribution in [2.75, 3.05) is 0 Å². The number of aliphatic carboxylic acids is 1. The van der Waals surface area contributed by atoms with E-state index in [-0.39, 0.29) is 17.0 Å². The summed E-state index contributed by atoms with van der Waals surface area (Å²) < 4.78 is 0. The molecule has 4 nitrogen and oxygen atoms in total. The van der Waals surface area contributed by atoms with Gasteiger partial charge in [-0.2, -0.15) is 0 Å². The zero-order chi connectivity index (χ0) is 14.0. The molecule has 0 aromatic heterocycles. The van der Waals surface area contributed by atoms with Gasteiger partial charge in [0.25, 0.3) is 0 Å². The maximum absolute atomic E-state index is 12.1. The average Bonchev–Trinajstić information content (AvgIpc) is 2.99. The van der Waals surface area contributed by atoms with Crippen molar-refractivity contribution in [3.8, 4) is 0 Å². The fourth-order valence-electron chi connectivity index (χ4n) is 2.86. The molecule has 2 aliphatic rings. The number of hydrogen-bond acceptors (Lipinski definition) is 2. The lowest BCUT2D eigenvalue weighted by Crippen LogP contribution is -2.34. The molecule has 0 radical (unpaired) electrons. The first-order valence-electron chi connectivity index (χ1n) is 7.20. The number of hydrogen-bond donors (Lipinski definition) is 2. The third-order valence-corrected chi connectivity index (χ3v) is 4.71. The van der Waals surface area contributed by atoms with E-state index in [2.05, 4.69) is 5.32 Å². The number of nitrogens with one attached hydrogen (secondary N) is 1. The molecule has 2 fully saturated rings. The molecule has 106 valence electrons. The van der Waals surface area contributed by atoms with Crippen molar-refractivity contribution < 1.29 is 14.7 Å². The first kappa shape index (κ1) is 14.1. The number of carbonyl (C=O) groups excluding carboxylic acids is 1. The quantitative estimate of drug-likeness (QED) is 0.768. The zero-order valence-electron chi connectivity index (χ0n) is 11.7. The lowest BCUT2D eigenvalue weighted by Gasteiger charge is -2.19. The molecular weight excluding hydrogens is 242 g/mol. The molecule has 1 amide bonds. The van der Waals surface area contributed by atoms with Crippen LogP contribution in [0, 0.1) is 17.3 Å². The summed E-state index contributed by atoms with van der Waals surface area (Å²) in [5.41, 5.74) is -0.307. The van der Waals surface area contributed by atoms with Crippen LogP contribution in [0.25, 0.3) is 0 Å². The highest BCUT2D eigenvalue weighted by molar-refractivity contribution is 5.95. The van der Waals surface area contributed by atoms with Crippen molar-refractivity contribution in [2.24, 2.45) is 17.3 Å². The maximum Gasteiger partial charge on any atom is 0.352 e. The van der Waals surface area contributed by atoms with Gasteiger partial charge in [0, 0.05) is 5.41 Å². The van der Waals surface area contributed by atoms with Crippen molar-refractivity contribution in [3.05, 3.63) is 11.8 Å². The number of carboxylic acids is 1. The Morgan fingerprint density at radius 2 is 1.84 bits per heavy atom. The zero-order valence-corrected chi connectivity index (χ0v) is 11.7.